The van der Waals surface area contributed by atoms with Crippen molar-refractivity contribution in [2.45, 2.75) is 37.1 Å². The standard InChI is InChI=1S/C14H19FN2O2S/c1-9-5-12(15)6-10(2)13(9)20(18,19)17-7-14(16,8-17)11-3-4-11/h5-6,11H,3-4,7-8,16H2,1-2H3. The van der Waals surface area contributed by atoms with Crippen LogP contribution in [0.25, 0.3) is 0 Å². The summed E-state index contributed by atoms with van der Waals surface area (Å²) in [6.07, 6.45) is 2.19. The van der Waals surface area contributed by atoms with Crippen molar-refractivity contribution in [2.24, 2.45) is 11.7 Å². The summed E-state index contributed by atoms with van der Waals surface area (Å²) in [6, 6.07) is 2.52. The van der Waals surface area contributed by atoms with E-state index in [4.69, 9.17) is 5.73 Å². The molecule has 2 aliphatic rings. The van der Waals surface area contributed by atoms with Gasteiger partial charge in [0.1, 0.15) is 5.82 Å². The molecule has 0 aromatic heterocycles. The maximum Gasteiger partial charge on any atom is 0.243 e. The zero-order chi connectivity index (χ0) is 14.7. The van der Waals surface area contributed by atoms with Crippen LogP contribution < -0.4 is 5.73 Å². The molecule has 4 nitrogen and oxygen atoms in total. The van der Waals surface area contributed by atoms with Gasteiger partial charge in [0, 0.05) is 18.6 Å². The van der Waals surface area contributed by atoms with E-state index >= 15 is 0 Å². The molecule has 0 unspecified atom stereocenters. The van der Waals surface area contributed by atoms with E-state index in [1.807, 2.05) is 0 Å². The van der Waals surface area contributed by atoms with Crippen LogP contribution in [0.15, 0.2) is 17.0 Å². The van der Waals surface area contributed by atoms with Crippen molar-refractivity contribution in [3.8, 4) is 0 Å². The molecule has 6 heteroatoms. The zero-order valence-corrected chi connectivity index (χ0v) is 12.5. The van der Waals surface area contributed by atoms with Crippen molar-refractivity contribution >= 4 is 10.0 Å². The molecule has 1 saturated carbocycles. The summed E-state index contributed by atoms with van der Waals surface area (Å²) in [5.41, 5.74) is 6.75. The molecular formula is C14H19FN2O2S. The highest BCUT2D eigenvalue weighted by molar-refractivity contribution is 7.89. The summed E-state index contributed by atoms with van der Waals surface area (Å²) in [5.74, 6) is 0.0538. The van der Waals surface area contributed by atoms with Gasteiger partial charge in [-0.2, -0.15) is 4.31 Å². The molecule has 1 saturated heterocycles. The van der Waals surface area contributed by atoms with Gasteiger partial charge < -0.3 is 5.73 Å². The molecule has 1 aliphatic carbocycles. The fraction of sp³-hybridized carbons (Fsp3) is 0.571. The van der Waals surface area contributed by atoms with Crippen molar-refractivity contribution in [1.29, 1.82) is 0 Å². The van der Waals surface area contributed by atoms with Crippen molar-refractivity contribution < 1.29 is 12.8 Å². The molecule has 1 heterocycles. The van der Waals surface area contributed by atoms with E-state index in [0.29, 0.717) is 30.1 Å². The Balaban J connectivity index is 1.90. The summed E-state index contributed by atoms with van der Waals surface area (Å²) in [4.78, 5) is 0.219. The number of nitrogens with two attached hydrogens (primary N) is 1. The summed E-state index contributed by atoms with van der Waals surface area (Å²) < 4.78 is 40.0. The third-order valence-electron chi connectivity index (χ3n) is 4.35. The minimum absolute atomic E-state index is 0.219. The fourth-order valence-corrected chi connectivity index (χ4v) is 5.14. The van der Waals surface area contributed by atoms with Crippen LogP contribution in [0, 0.1) is 25.6 Å². The van der Waals surface area contributed by atoms with Gasteiger partial charge in [-0.1, -0.05) is 0 Å². The van der Waals surface area contributed by atoms with Gasteiger partial charge >= 0.3 is 0 Å². The van der Waals surface area contributed by atoms with Crippen molar-refractivity contribution in [1.82, 2.24) is 4.31 Å². The van der Waals surface area contributed by atoms with E-state index in [9.17, 15) is 12.8 Å². The molecule has 1 aliphatic heterocycles. The smallest absolute Gasteiger partial charge is 0.243 e. The lowest BCUT2D eigenvalue weighted by Gasteiger charge is -2.47. The van der Waals surface area contributed by atoms with Crippen LogP contribution in [0.4, 0.5) is 4.39 Å². The first-order valence-electron chi connectivity index (χ1n) is 6.80. The third kappa shape index (κ3) is 2.06. The Morgan fingerprint density at radius 1 is 1.25 bits per heavy atom. The van der Waals surface area contributed by atoms with Gasteiger partial charge in [0.05, 0.1) is 4.90 Å². The predicted molar refractivity (Wildman–Crippen MR) is 74.3 cm³/mol. The Hall–Kier alpha value is -0.980. The van der Waals surface area contributed by atoms with Gasteiger partial charge in [-0.25, -0.2) is 12.8 Å². The van der Waals surface area contributed by atoms with Crippen LogP contribution >= 0.6 is 0 Å². The van der Waals surface area contributed by atoms with Gasteiger partial charge in [-0.15, -0.1) is 0 Å². The number of hydrogen-bond acceptors (Lipinski definition) is 3. The normalized spacial score (nSPS) is 22.6. The third-order valence-corrected chi connectivity index (χ3v) is 6.45. The monoisotopic (exact) mass is 298 g/mol. The maximum atomic E-state index is 13.3. The summed E-state index contributed by atoms with van der Waals surface area (Å²) in [6.45, 7) is 3.99. The van der Waals surface area contributed by atoms with Gasteiger partial charge in [0.15, 0.2) is 0 Å². The van der Waals surface area contributed by atoms with Gasteiger partial charge in [0.25, 0.3) is 0 Å². The first-order valence-corrected chi connectivity index (χ1v) is 8.24. The SMILES string of the molecule is Cc1cc(F)cc(C)c1S(=O)(=O)N1CC(N)(C2CC2)C1. The number of hydrogen-bond donors (Lipinski definition) is 1. The number of aryl methyl sites for hydroxylation is 2. The molecule has 3 rings (SSSR count). The van der Waals surface area contributed by atoms with E-state index in [0.717, 1.165) is 12.8 Å². The average Bonchev–Trinajstić information content (AvgIpc) is 3.06. The lowest BCUT2D eigenvalue weighted by molar-refractivity contribution is 0.135. The molecule has 0 bridgehead atoms. The average molecular weight is 298 g/mol. The number of halogens is 1. The number of sulfonamides is 1. The Morgan fingerprint density at radius 3 is 2.20 bits per heavy atom. The van der Waals surface area contributed by atoms with Gasteiger partial charge in [0.2, 0.25) is 10.0 Å². The zero-order valence-electron chi connectivity index (χ0n) is 11.7. The van der Waals surface area contributed by atoms with Crippen molar-refractivity contribution in [3.05, 3.63) is 29.1 Å². The molecule has 0 spiro atoms. The van der Waals surface area contributed by atoms with E-state index in [1.165, 1.54) is 16.4 Å². The molecule has 1 aromatic carbocycles. The van der Waals surface area contributed by atoms with Crippen LogP contribution in [0.3, 0.4) is 0 Å². The highest BCUT2D eigenvalue weighted by Crippen LogP contribution is 2.44. The molecule has 0 amide bonds. The van der Waals surface area contributed by atoms with Crippen molar-refractivity contribution in [2.75, 3.05) is 13.1 Å². The first-order chi connectivity index (χ1) is 9.24. The maximum absolute atomic E-state index is 13.3. The summed E-state index contributed by atoms with van der Waals surface area (Å²) in [5, 5.41) is 0. The quantitative estimate of drug-likeness (QED) is 0.921. The first kappa shape index (κ1) is 14.0. The van der Waals surface area contributed by atoms with E-state index in [2.05, 4.69) is 0 Å². The van der Waals surface area contributed by atoms with Crippen LogP contribution in [-0.4, -0.2) is 31.4 Å². The van der Waals surface area contributed by atoms with Crippen LogP contribution in [0.5, 0.6) is 0 Å². The molecule has 0 radical (unpaired) electrons. The topological polar surface area (TPSA) is 63.4 Å². The molecule has 0 atom stereocenters. The molecule has 2 fully saturated rings. The predicted octanol–water partition coefficient (Wildman–Crippen LogP) is 1.55. The summed E-state index contributed by atoms with van der Waals surface area (Å²) >= 11 is 0. The largest absolute Gasteiger partial charge is 0.323 e. The molecule has 2 N–H and O–H groups in total. The lowest BCUT2D eigenvalue weighted by Crippen LogP contribution is -2.69. The Labute approximate surface area is 118 Å². The second-order valence-electron chi connectivity index (χ2n) is 6.15. The highest BCUT2D eigenvalue weighted by Gasteiger charge is 2.54. The molecule has 20 heavy (non-hydrogen) atoms. The Kier molecular flexibility index (Phi) is 2.97. The van der Waals surface area contributed by atoms with Crippen LogP contribution in [-0.2, 0) is 10.0 Å². The minimum Gasteiger partial charge on any atom is -0.323 e. The summed E-state index contributed by atoms with van der Waals surface area (Å²) in [7, 11) is -3.57. The van der Waals surface area contributed by atoms with E-state index in [-0.39, 0.29) is 10.4 Å². The van der Waals surface area contributed by atoms with Gasteiger partial charge in [-0.05, 0) is 55.9 Å². The Morgan fingerprint density at radius 2 is 1.75 bits per heavy atom. The second kappa shape index (κ2) is 4.26. The molecular weight excluding hydrogens is 279 g/mol. The van der Waals surface area contributed by atoms with Crippen LogP contribution in [0.2, 0.25) is 0 Å². The number of benzene rings is 1. The minimum atomic E-state index is -3.57. The lowest BCUT2D eigenvalue weighted by atomic mass is 9.88. The number of nitrogens with zero attached hydrogens (tertiary/aromatic N) is 1. The second-order valence-corrected chi connectivity index (χ2v) is 8.02. The van der Waals surface area contributed by atoms with Crippen molar-refractivity contribution in [3.63, 3.8) is 0 Å². The highest BCUT2D eigenvalue weighted by atomic mass is 32.2. The molecule has 1 aromatic rings. The number of rotatable bonds is 3. The van der Waals surface area contributed by atoms with E-state index < -0.39 is 15.8 Å². The van der Waals surface area contributed by atoms with Gasteiger partial charge in [-0.3, -0.25) is 0 Å². The van der Waals surface area contributed by atoms with E-state index in [1.54, 1.807) is 13.8 Å². The fourth-order valence-electron chi connectivity index (χ4n) is 3.13. The Bertz CT molecular complexity index is 639. The van der Waals surface area contributed by atoms with Crippen LogP contribution in [0.1, 0.15) is 24.0 Å². The molecule has 110 valence electrons.